The molecule has 28 heavy (non-hydrogen) atoms. The zero-order chi connectivity index (χ0) is 19.3. The fourth-order valence-corrected chi connectivity index (χ4v) is 3.37. The Labute approximate surface area is 164 Å². The molecular formula is C21H22N6O. The Morgan fingerprint density at radius 1 is 0.964 bits per heavy atom. The lowest BCUT2D eigenvalue weighted by atomic mass is 10.2. The number of rotatable bonds is 5. The summed E-state index contributed by atoms with van der Waals surface area (Å²) in [5.41, 5.74) is 2.47. The summed E-state index contributed by atoms with van der Waals surface area (Å²) in [7, 11) is 1.63. The minimum absolute atomic E-state index is 0.354. The van der Waals surface area contributed by atoms with Crippen LogP contribution in [0.15, 0.2) is 54.6 Å². The van der Waals surface area contributed by atoms with Crippen LogP contribution in [0.3, 0.4) is 0 Å². The Bertz CT molecular complexity index is 953. The first-order chi connectivity index (χ1) is 13.8. The van der Waals surface area contributed by atoms with Crippen molar-refractivity contribution in [2.45, 2.75) is 6.54 Å². The smallest absolute Gasteiger partial charge is 0.207 e. The molecule has 1 fully saturated rings. The third-order valence-electron chi connectivity index (χ3n) is 4.93. The van der Waals surface area contributed by atoms with E-state index in [2.05, 4.69) is 50.3 Å². The van der Waals surface area contributed by atoms with Crippen molar-refractivity contribution in [1.82, 2.24) is 19.9 Å². The van der Waals surface area contributed by atoms with E-state index in [-0.39, 0.29) is 0 Å². The second-order valence-corrected chi connectivity index (χ2v) is 6.72. The van der Waals surface area contributed by atoms with Crippen LogP contribution < -0.4 is 9.64 Å². The molecule has 7 heteroatoms. The Morgan fingerprint density at radius 2 is 1.68 bits per heavy atom. The Hall–Kier alpha value is -3.37. The minimum atomic E-state index is 0.354. The van der Waals surface area contributed by atoms with E-state index in [0.717, 1.165) is 44.2 Å². The highest BCUT2D eigenvalue weighted by atomic mass is 16.5. The van der Waals surface area contributed by atoms with Crippen LogP contribution in [0.25, 0.3) is 5.69 Å². The predicted octanol–water partition coefficient (Wildman–Crippen LogP) is 2.47. The number of anilines is 1. The fourth-order valence-electron chi connectivity index (χ4n) is 3.37. The lowest BCUT2D eigenvalue weighted by Gasteiger charge is -2.34. The van der Waals surface area contributed by atoms with Crippen molar-refractivity contribution in [3.05, 3.63) is 65.9 Å². The van der Waals surface area contributed by atoms with Crippen LogP contribution in [-0.4, -0.2) is 53.2 Å². The number of methoxy groups -OCH3 is 1. The average molecular weight is 374 g/mol. The monoisotopic (exact) mass is 374 g/mol. The van der Waals surface area contributed by atoms with Crippen LogP contribution in [0, 0.1) is 11.3 Å². The summed E-state index contributed by atoms with van der Waals surface area (Å²) in [6, 6.07) is 20.1. The summed E-state index contributed by atoms with van der Waals surface area (Å²) in [5.74, 6) is 1.42. The van der Waals surface area contributed by atoms with Crippen molar-refractivity contribution >= 4 is 5.82 Å². The second kappa shape index (κ2) is 8.11. The van der Waals surface area contributed by atoms with Gasteiger partial charge >= 0.3 is 0 Å². The fraction of sp³-hybridized carbons (Fsp3) is 0.286. The van der Waals surface area contributed by atoms with E-state index in [1.165, 1.54) is 10.4 Å². The highest BCUT2D eigenvalue weighted by Crippen LogP contribution is 2.21. The van der Waals surface area contributed by atoms with Gasteiger partial charge in [0.25, 0.3) is 0 Å². The zero-order valence-electron chi connectivity index (χ0n) is 15.8. The summed E-state index contributed by atoms with van der Waals surface area (Å²) in [5, 5.41) is 18.5. The van der Waals surface area contributed by atoms with Gasteiger partial charge in [-0.05, 0) is 29.8 Å². The van der Waals surface area contributed by atoms with Crippen LogP contribution in [0.5, 0.6) is 5.75 Å². The number of benzene rings is 2. The van der Waals surface area contributed by atoms with E-state index in [1.807, 2.05) is 30.3 Å². The van der Waals surface area contributed by atoms with Gasteiger partial charge in [0.1, 0.15) is 11.8 Å². The summed E-state index contributed by atoms with van der Waals surface area (Å²) >= 11 is 0. The van der Waals surface area contributed by atoms with Crippen LogP contribution in [-0.2, 0) is 6.54 Å². The van der Waals surface area contributed by atoms with Crippen molar-refractivity contribution < 1.29 is 4.74 Å². The van der Waals surface area contributed by atoms with Crippen LogP contribution in [0.2, 0.25) is 0 Å². The lowest BCUT2D eigenvalue weighted by Crippen LogP contribution is -2.46. The molecule has 1 aromatic heterocycles. The molecular weight excluding hydrogens is 352 g/mol. The van der Waals surface area contributed by atoms with Gasteiger partial charge in [0.15, 0.2) is 5.82 Å². The van der Waals surface area contributed by atoms with E-state index in [0.29, 0.717) is 11.5 Å². The van der Waals surface area contributed by atoms with Crippen LogP contribution in [0.4, 0.5) is 5.82 Å². The molecule has 3 aromatic rings. The Kier molecular flexibility index (Phi) is 5.22. The number of nitrogens with zero attached hydrogens (tertiary/aromatic N) is 6. The van der Waals surface area contributed by atoms with Gasteiger partial charge in [-0.25, -0.2) is 0 Å². The number of hydrogen-bond donors (Lipinski definition) is 0. The van der Waals surface area contributed by atoms with E-state index in [9.17, 15) is 5.26 Å². The van der Waals surface area contributed by atoms with Gasteiger partial charge < -0.3 is 9.64 Å². The molecule has 7 nitrogen and oxygen atoms in total. The first-order valence-corrected chi connectivity index (χ1v) is 9.30. The predicted molar refractivity (Wildman–Crippen MR) is 107 cm³/mol. The average Bonchev–Trinajstić information content (AvgIpc) is 3.19. The summed E-state index contributed by atoms with van der Waals surface area (Å²) in [6.07, 6.45) is 0. The summed E-state index contributed by atoms with van der Waals surface area (Å²) in [6.45, 7) is 4.44. The van der Waals surface area contributed by atoms with Crippen molar-refractivity contribution in [3.8, 4) is 17.5 Å². The number of ether oxygens (including phenoxy) is 1. The van der Waals surface area contributed by atoms with Gasteiger partial charge in [0.2, 0.25) is 5.69 Å². The van der Waals surface area contributed by atoms with Gasteiger partial charge in [0, 0.05) is 32.7 Å². The third kappa shape index (κ3) is 3.82. The third-order valence-corrected chi connectivity index (χ3v) is 4.93. The maximum absolute atomic E-state index is 9.52. The van der Waals surface area contributed by atoms with Crippen molar-refractivity contribution in [1.29, 1.82) is 5.26 Å². The standard InChI is InChI=1S/C21H22N6O/c1-28-19-9-7-18(8-10-19)27-23-20(15-22)21(24-27)26-13-11-25(12-14-26)16-17-5-3-2-4-6-17/h2-10H,11-14,16H2,1H3. The summed E-state index contributed by atoms with van der Waals surface area (Å²) in [4.78, 5) is 6.09. The van der Waals surface area contributed by atoms with Gasteiger partial charge in [-0.3, -0.25) is 4.90 Å². The molecule has 0 saturated carbocycles. The molecule has 0 radical (unpaired) electrons. The molecule has 0 amide bonds. The molecule has 0 N–H and O–H groups in total. The molecule has 0 aliphatic carbocycles. The van der Waals surface area contributed by atoms with Gasteiger partial charge in [-0.15, -0.1) is 15.0 Å². The minimum Gasteiger partial charge on any atom is -0.497 e. The highest BCUT2D eigenvalue weighted by molar-refractivity contribution is 5.51. The van der Waals surface area contributed by atoms with E-state index in [4.69, 9.17) is 4.74 Å². The molecule has 142 valence electrons. The highest BCUT2D eigenvalue weighted by Gasteiger charge is 2.23. The quantitative estimate of drug-likeness (QED) is 0.683. The van der Waals surface area contributed by atoms with E-state index < -0.39 is 0 Å². The number of nitriles is 1. The molecule has 4 rings (SSSR count). The topological polar surface area (TPSA) is 70.2 Å². The molecule has 0 bridgehead atoms. The van der Waals surface area contributed by atoms with Crippen molar-refractivity contribution in [3.63, 3.8) is 0 Å². The zero-order valence-corrected chi connectivity index (χ0v) is 15.8. The van der Waals surface area contributed by atoms with Crippen LogP contribution >= 0.6 is 0 Å². The molecule has 2 heterocycles. The number of piperazine rings is 1. The SMILES string of the molecule is COc1ccc(-n2nc(C#N)c(N3CCN(Cc4ccccc4)CC3)n2)cc1. The van der Waals surface area contributed by atoms with Gasteiger partial charge in [0.05, 0.1) is 12.8 Å². The van der Waals surface area contributed by atoms with E-state index >= 15 is 0 Å². The van der Waals surface area contributed by atoms with Crippen LogP contribution in [0.1, 0.15) is 11.3 Å². The molecule has 1 saturated heterocycles. The summed E-state index contributed by atoms with van der Waals surface area (Å²) < 4.78 is 5.19. The van der Waals surface area contributed by atoms with E-state index in [1.54, 1.807) is 7.11 Å². The second-order valence-electron chi connectivity index (χ2n) is 6.72. The Balaban J connectivity index is 1.46. The molecule has 0 atom stereocenters. The first-order valence-electron chi connectivity index (χ1n) is 9.30. The molecule has 1 aliphatic rings. The molecule has 0 unspecified atom stereocenters. The Morgan fingerprint density at radius 3 is 2.32 bits per heavy atom. The largest absolute Gasteiger partial charge is 0.497 e. The van der Waals surface area contributed by atoms with Gasteiger partial charge in [-0.1, -0.05) is 30.3 Å². The first kappa shape index (κ1) is 18.0. The van der Waals surface area contributed by atoms with Crippen molar-refractivity contribution in [2.24, 2.45) is 0 Å². The normalized spacial score (nSPS) is 14.6. The molecule has 2 aromatic carbocycles. The lowest BCUT2D eigenvalue weighted by molar-refractivity contribution is 0.249. The maximum atomic E-state index is 9.52. The number of aromatic nitrogens is 3. The molecule has 1 aliphatic heterocycles. The van der Waals surface area contributed by atoms with Crippen molar-refractivity contribution in [2.75, 3.05) is 38.2 Å². The molecule has 0 spiro atoms. The number of hydrogen-bond acceptors (Lipinski definition) is 6. The van der Waals surface area contributed by atoms with Gasteiger partial charge in [-0.2, -0.15) is 5.26 Å². The maximum Gasteiger partial charge on any atom is 0.207 e.